The van der Waals surface area contributed by atoms with Crippen molar-refractivity contribution in [2.45, 2.75) is 0 Å². The molecule has 15 heavy (non-hydrogen) atoms. The standard InChI is InChI=1S/C12H11N.ClH.Pd/c1-3-7-11(8-4-1)13-12-9-5-2-6-10-12;;/h1-10,13H;1H;/q;;+1/p-1. The third-order valence-corrected chi connectivity index (χ3v) is 1.84. The minimum atomic E-state index is 1.12. The van der Waals surface area contributed by atoms with Gasteiger partial charge in [-0.05, 0) is 24.3 Å². The van der Waals surface area contributed by atoms with Crippen molar-refractivity contribution < 1.29 is 18.2 Å². The van der Waals surface area contributed by atoms with Crippen LogP contribution in [0.15, 0.2) is 60.7 Å². The summed E-state index contributed by atoms with van der Waals surface area (Å²) in [5.74, 6) is 0. The van der Waals surface area contributed by atoms with Gasteiger partial charge in [-0.15, -0.1) is 0 Å². The van der Waals surface area contributed by atoms with Crippen LogP contribution in [0.3, 0.4) is 0 Å². The van der Waals surface area contributed by atoms with Crippen molar-refractivity contribution in [3.05, 3.63) is 60.7 Å². The Bertz CT molecular complexity index is 326. The molecule has 1 N–H and O–H groups in total. The van der Waals surface area contributed by atoms with E-state index in [0.29, 0.717) is 0 Å². The molecule has 0 saturated heterocycles. The van der Waals surface area contributed by atoms with Gasteiger partial charge in [0, 0.05) is 11.4 Å². The van der Waals surface area contributed by atoms with Crippen LogP contribution >= 0.6 is 9.53 Å². The van der Waals surface area contributed by atoms with Crippen molar-refractivity contribution in [2.75, 3.05) is 5.32 Å². The maximum Gasteiger partial charge on any atom is 0.0384 e. The van der Waals surface area contributed by atoms with Crippen LogP contribution in [0.2, 0.25) is 0 Å². The Kier molecular flexibility index (Phi) is 6.11. The van der Waals surface area contributed by atoms with Gasteiger partial charge in [-0.2, -0.15) is 0 Å². The first-order valence-corrected chi connectivity index (χ1v) is 6.44. The molecule has 0 saturated carbocycles. The fraction of sp³-hybridized carbons (Fsp3) is 0. The van der Waals surface area contributed by atoms with Gasteiger partial charge < -0.3 is 5.32 Å². The van der Waals surface area contributed by atoms with E-state index in [1.54, 1.807) is 0 Å². The molecule has 2 aromatic carbocycles. The largest absolute Gasteiger partial charge is 0.356 e. The Morgan fingerprint density at radius 3 is 1.33 bits per heavy atom. The van der Waals surface area contributed by atoms with Gasteiger partial charge in [0.05, 0.1) is 0 Å². The molecule has 0 heterocycles. The number of rotatable bonds is 2. The molecule has 0 unspecified atom stereocenters. The van der Waals surface area contributed by atoms with E-state index in [4.69, 9.17) is 0 Å². The van der Waals surface area contributed by atoms with Crippen molar-refractivity contribution in [1.29, 1.82) is 0 Å². The second kappa shape index (κ2) is 7.48. The molecular weight excluding hydrogens is 300 g/mol. The van der Waals surface area contributed by atoms with E-state index < -0.39 is 0 Å². The van der Waals surface area contributed by atoms with E-state index in [1.807, 2.05) is 60.7 Å². The Morgan fingerprint density at radius 2 is 1.00 bits per heavy atom. The second-order valence-electron chi connectivity index (χ2n) is 2.86. The molecule has 0 amide bonds. The van der Waals surface area contributed by atoms with Crippen LogP contribution in [0.5, 0.6) is 0 Å². The van der Waals surface area contributed by atoms with Gasteiger partial charge in [0.25, 0.3) is 0 Å². The zero-order valence-corrected chi connectivity index (χ0v) is 10.3. The fourth-order valence-electron chi connectivity index (χ4n) is 1.21. The molecule has 2 aromatic rings. The summed E-state index contributed by atoms with van der Waals surface area (Å²) in [5.41, 5.74) is 2.24. The van der Waals surface area contributed by atoms with Gasteiger partial charge >= 0.3 is 27.7 Å². The zero-order chi connectivity index (χ0) is 10.9. The van der Waals surface area contributed by atoms with Gasteiger partial charge in [0.1, 0.15) is 0 Å². The summed E-state index contributed by atoms with van der Waals surface area (Å²) in [7, 11) is 4.49. The Labute approximate surface area is 105 Å². The molecule has 0 fully saturated rings. The van der Waals surface area contributed by atoms with Crippen LogP contribution < -0.4 is 5.32 Å². The number of anilines is 2. The molecule has 0 radical (unpaired) electrons. The van der Waals surface area contributed by atoms with Crippen LogP contribution in [-0.4, -0.2) is 0 Å². The Morgan fingerprint density at radius 1 is 0.667 bits per heavy atom. The summed E-state index contributed by atoms with van der Waals surface area (Å²) in [4.78, 5) is 0. The third-order valence-electron chi connectivity index (χ3n) is 1.84. The molecule has 0 aliphatic rings. The zero-order valence-electron chi connectivity index (χ0n) is 7.97. The monoisotopic (exact) mass is 310 g/mol. The molecule has 0 aromatic heterocycles. The fourth-order valence-corrected chi connectivity index (χ4v) is 1.21. The van der Waals surface area contributed by atoms with Crippen molar-refractivity contribution in [3.8, 4) is 0 Å². The minimum Gasteiger partial charge on any atom is -0.356 e. The smallest absolute Gasteiger partial charge is 0.0384 e. The average molecular weight is 311 g/mol. The molecule has 3 heteroatoms. The number of benzene rings is 2. The van der Waals surface area contributed by atoms with Gasteiger partial charge in [0.15, 0.2) is 0 Å². The summed E-state index contributed by atoms with van der Waals surface area (Å²) in [6.07, 6.45) is 0. The first-order valence-electron chi connectivity index (χ1n) is 4.44. The number of para-hydroxylation sites is 2. The van der Waals surface area contributed by atoms with Gasteiger partial charge in [-0.1, -0.05) is 36.4 Å². The number of hydrogen-bond acceptors (Lipinski definition) is 1. The maximum atomic E-state index is 4.49. The predicted molar refractivity (Wildman–Crippen MR) is 62.0 cm³/mol. The normalized spacial score (nSPS) is 8.73. The molecule has 0 bridgehead atoms. The van der Waals surface area contributed by atoms with Crippen LogP contribution in [0.1, 0.15) is 0 Å². The van der Waals surface area contributed by atoms with E-state index in [1.165, 1.54) is 0 Å². The van der Waals surface area contributed by atoms with Crippen LogP contribution in [0.4, 0.5) is 11.4 Å². The number of hydrogen-bond donors (Lipinski definition) is 1. The van der Waals surface area contributed by atoms with Crippen LogP contribution in [0, 0.1) is 0 Å². The molecule has 1 nitrogen and oxygen atoms in total. The topological polar surface area (TPSA) is 12.0 Å². The van der Waals surface area contributed by atoms with Crippen molar-refractivity contribution in [1.82, 2.24) is 0 Å². The van der Waals surface area contributed by atoms with E-state index in [9.17, 15) is 0 Å². The summed E-state index contributed by atoms with van der Waals surface area (Å²) in [6.45, 7) is 0. The third kappa shape index (κ3) is 4.49. The van der Waals surface area contributed by atoms with Crippen LogP contribution in [-0.2, 0) is 18.2 Å². The molecule has 2 rings (SSSR count). The average Bonchev–Trinajstić information content (AvgIpc) is 2.34. The molecule has 0 spiro atoms. The molecule has 0 atom stereocenters. The van der Waals surface area contributed by atoms with E-state index in [0.717, 1.165) is 11.4 Å². The SMILES string of the molecule is [Cl][Pd].c1ccc(Nc2ccccc2)cc1. The molecule has 81 valence electrons. The maximum absolute atomic E-state index is 4.49. The molecular formula is C12H11ClNPd. The Hall–Kier alpha value is -0.808. The second-order valence-corrected chi connectivity index (χ2v) is 2.86. The van der Waals surface area contributed by atoms with Gasteiger partial charge in [-0.3, -0.25) is 0 Å². The quantitative estimate of drug-likeness (QED) is 0.823. The Balaban J connectivity index is 0.000000531. The van der Waals surface area contributed by atoms with Crippen molar-refractivity contribution in [2.24, 2.45) is 0 Å². The summed E-state index contributed by atoms with van der Waals surface area (Å²) in [6, 6.07) is 20.3. The van der Waals surface area contributed by atoms with Gasteiger partial charge in [-0.25, -0.2) is 0 Å². The van der Waals surface area contributed by atoms with E-state index in [2.05, 4.69) is 33.0 Å². The predicted octanol–water partition coefficient (Wildman–Crippen LogP) is 4.12. The van der Waals surface area contributed by atoms with Crippen LogP contribution in [0.25, 0.3) is 0 Å². The first kappa shape index (κ1) is 12.3. The summed E-state index contributed by atoms with van der Waals surface area (Å²) >= 11 is 2.22. The van der Waals surface area contributed by atoms with Crippen molar-refractivity contribution >= 4 is 20.9 Å². The summed E-state index contributed by atoms with van der Waals surface area (Å²) in [5, 5.41) is 3.30. The number of nitrogens with one attached hydrogen (secondary N) is 1. The molecule has 0 aliphatic heterocycles. The van der Waals surface area contributed by atoms with E-state index >= 15 is 0 Å². The molecule has 0 aliphatic carbocycles. The van der Waals surface area contributed by atoms with E-state index in [-0.39, 0.29) is 0 Å². The van der Waals surface area contributed by atoms with Gasteiger partial charge in [0.2, 0.25) is 0 Å². The minimum absolute atomic E-state index is 1.12. The number of halogens is 1. The first-order chi connectivity index (χ1) is 7.45. The summed E-state index contributed by atoms with van der Waals surface area (Å²) < 4.78 is 0. The van der Waals surface area contributed by atoms with Crippen molar-refractivity contribution in [3.63, 3.8) is 0 Å².